The van der Waals surface area contributed by atoms with Gasteiger partial charge in [0.2, 0.25) is 0 Å². The molecule has 136 valence electrons. The maximum absolute atomic E-state index is 12.0. The summed E-state index contributed by atoms with van der Waals surface area (Å²) in [5.41, 5.74) is 6.07. The maximum atomic E-state index is 12.0. The van der Waals surface area contributed by atoms with Crippen LogP contribution in [0.25, 0.3) is 0 Å². The monoisotopic (exact) mass is 370 g/mol. The van der Waals surface area contributed by atoms with Gasteiger partial charge in [-0.2, -0.15) is 5.10 Å². The summed E-state index contributed by atoms with van der Waals surface area (Å²) in [5, 5.41) is 4.65. The number of benzene rings is 1. The van der Waals surface area contributed by atoms with Gasteiger partial charge in [-0.25, -0.2) is 5.43 Å². The second-order valence-corrected chi connectivity index (χ2v) is 7.73. The van der Waals surface area contributed by atoms with Gasteiger partial charge in [0.15, 0.2) is 0 Å². The Bertz CT molecular complexity index is 848. The van der Waals surface area contributed by atoms with E-state index in [1.54, 1.807) is 30.6 Å². The molecular formula is C20H23ClN4O. The van der Waals surface area contributed by atoms with E-state index in [1.165, 1.54) is 5.56 Å². The van der Waals surface area contributed by atoms with Crippen molar-refractivity contribution in [3.8, 4) is 0 Å². The minimum atomic E-state index is -0.356. The predicted octanol–water partition coefficient (Wildman–Crippen LogP) is 4.22. The molecule has 1 aromatic carbocycles. The first-order chi connectivity index (χ1) is 12.3. The van der Waals surface area contributed by atoms with E-state index in [0.717, 1.165) is 17.7 Å². The lowest BCUT2D eigenvalue weighted by Crippen LogP contribution is -2.45. The average molecular weight is 371 g/mol. The molecule has 6 heteroatoms. The molecule has 2 aromatic rings. The van der Waals surface area contributed by atoms with Crippen molar-refractivity contribution >= 4 is 29.4 Å². The van der Waals surface area contributed by atoms with Crippen molar-refractivity contribution in [1.82, 2.24) is 10.4 Å². The van der Waals surface area contributed by atoms with Crippen LogP contribution in [0.3, 0.4) is 0 Å². The first-order valence-electron chi connectivity index (χ1n) is 8.61. The molecule has 2 heterocycles. The van der Waals surface area contributed by atoms with Crippen molar-refractivity contribution in [2.24, 2.45) is 5.10 Å². The fourth-order valence-corrected chi connectivity index (χ4v) is 3.62. The number of carbonyl (C=O) groups is 1. The number of nitrogens with one attached hydrogen (secondary N) is 1. The maximum Gasteiger partial charge on any atom is 0.289 e. The molecule has 1 aliphatic rings. The van der Waals surface area contributed by atoms with E-state index in [0.29, 0.717) is 16.6 Å². The summed E-state index contributed by atoms with van der Waals surface area (Å²) in [6.45, 7) is 6.71. The van der Waals surface area contributed by atoms with Crippen molar-refractivity contribution in [3.05, 3.63) is 58.4 Å². The van der Waals surface area contributed by atoms with Crippen LogP contribution in [0.15, 0.2) is 41.6 Å². The van der Waals surface area contributed by atoms with Crippen LogP contribution in [-0.2, 0) is 0 Å². The smallest absolute Gasteiger partial charge is 0.289 e. The normalized spacial score (nSPS) is 18.7. The molecule has 1 unspecified atom stereocenters. The zero-order valence-corrected chi connectivity index (χ0v) is 16.2. The Balaban J connectivity index is 1.82. The third kappa shape index (κ3) is 3.58. The van der Waals surface area contributed by atoms with E-state index in [9.17, 15) is 4.79 Å². The van der Waals surface area contributed by atoms with E-state index < -0.39 is 0 Å². The van der Waals surface area contributed by atoms with Gasteiger partial charge >= 0.3 is 0 Å². The number of rotatable bonds is 3. The lowest BCUT2D eigenvalue weighted by atomic mass is 9.80. The topological polar surface area (TPSA) is 57.6 Å². The molecule has 1 aromatic heterocycles. The highest BCUT2D eigenvalue weighted by molar-refractivity contribution is 6.33. The third-order valence-electron chi connectivity index (χ3n) is 5.02. The van der Waals surface area contributed by atoms with Gasteiger partial charge in [-0.3, -0.25) is 9.78 Å². The zero-order chi connectivity index (χ0) is 18.9. The van der Waals surface area contributed by atoms with Crippen LogP contribution in [0.5, 0.6) is 0 Å². The molecule has 1 atom stereocenters. The number of carbonyl (C=O) groups excluding carboxylic acids is 1. The lowest BCUT2D eigenvalue weighted by molar-refractivity contribution is 0.0950. The summed E-state index contributed by atoms with van der Waals surface area (Å²) >= 11 is 6.46. The van der Waals surface area contributed by atoms with E-state index in [4.69, 9.17) is 11.6 Å². The summed E-state index contributed by atoms with van der Waals surface area (Å²) in [6.07, 6.45) is 4.21. The van der Waals surface area contributed by atoms with E-state index in [1.807, 2.05) is 6.07 Å². The molecule has 0 radical (unpaired) electrons. The Kier molecular flexibility index (Phi) is 5.01. The minimum absolute atomic E-state index is 0.0853. The zero-order valence-electron chi connectivity index (χ0n) is 15.5. The van der Waals surface area contributed by atoms with Gasteiger partial charge in [-0.15, -0.1) is 0 Å². The highest BCUT2D eigenvalue weighted by Crippen LogP contribution is 2.44. The fraction of sp³-hybridized carbons (Fsp3) is 0.350. The first kappa shape index (κ1) is 18.4. The fourth-order valence-electron chi connectivity index (χ4n) is 3.42. The van der Waals surface area contributed by atoms with Crippen molar-refractivity contribution < 1.29 is 4.79 Å². The van der Waals surface area contributed by atoms with Gasteiger partial charge in [0, 0.05) is 30.0 Å². The summed E-state index contributed by atoms with van der Waals surface area (Å²) in [7, 11) is 2.10. The van der Waals surface area contributed by atoms with Gasteiger partial charge in [-0.1, -0.05) is 24.6 Å². The number of fused-ring (bicyclic) bond motifs is 1. The molecule has 0 aliphatic carbocycles. The van der Waals surface area contributed by atoms with Crippen molar-refractivity contribution in [2.75, 3.05) is 11.9 Å². The standard InChI is InChI=1S/C20H23ClN4O/c1-13-11-20(2,3)25(4)18-10-16(21)14(9-15(13)18)12-23-24-19(26)17-7-5-6-8-22-17/h5-10,12-13H,11H2,1-4H3,(H,24,26)/b23-12+. The third-order valence-corrected chi connectivity index (χ3v) is 5.35. The number of anilines is 1. The van der Waals surface area contributed by atoms with Gasteiger partial charge in [0.25, 0.3) is 5.91 Å². The van der Waals surface area contributed by atoms with Crippen LogP contribution in [0.1, 0.15) is 54.7 Å². The Morgan fingerprint density at radius 3 is 2.88 bits per heavy atom. The summed E-state index contributed by atoms with van der Waals surface area (Å²) in [5.74, 6) is 0.0644. The second-order valence-electron chi connectivity index (χ2n) is 7.32. The molecular weight excluding hydrogens is 348 g/mol. The highest BCUT2D eigenvalue weighted by atomic mass is 35.5. The molecule has 0 saturated heterocycles. The molecule has 3 rings (SSSR count). The number of aromatic nitrogens is 1. The van der Waals surface area contributed by atoms with Crippen molar-refractivity contribution in [1.29, 1.82) is 0 Å². The molecule has 1 amide bonds. The van der Waals surface area contributed by atoms with Crippen molar-refractivity contribution in [2.45, 2.75) is 38.6 Å². The number of hydrogen-bond acceptors (Lipinski definition) is 4. The number of hydrazone groups is 1. The predicted molar refractivity (Wildman–Crippen MR) is 106 cm³/mol. The average Bonchev–Trinajstić information content (AvgIpc) is 2.61. The second kappa shape index (κ2) is 7.08. The molecule has 1 N–H and O–H groups in total. The highest BCUT2D eigenvalue weighted by Gasteiger charge is 2.34. The van der Waals surface area contributed by atoms with Gasteiger partial charge in [0.05, 0.1) is 11.2 Å². The lowest BCUT2D eigenvalue weighted by Gasteiger charge is -2.45. The van der Waals surface area contributed by atoms with Crippen LogP contribution >= 0.6 is 11.6 Å². The Morgan fingerprint density at radius 1 is 1.42 bits per heavy atom. The number of hydrogen-bond donors (Lipinski definition) is 1. The molecule has 0 saturated carbocycles. The number of nitrogens with zero attached hydrogens (tertiary/aromatic N) is 3. The van der Waals surface area contributed by atoms with E-state index >= 15 is 0 Å². The van der Waals surface area contributed by atoms with Crippen LogP contribution < -0.4 is 10.3 Å². The SMILES string of the molecule is CC1CC(C)(C)N(C)c2cc(Cl)c(/C=N/NC(=O)c3ccccn3)cc21. The molecule has 0 fully saturated rings. The quantitative estimate of drug-likeness (QED) is 0.650. The number of amides is 1. The molecule has 1 aliphatic heterocycles. The van der Waals surface area contributed by atoms with Crippen molar-refractivity contribution in [3.63, 3.8) is 0 Å². The number of halogens is 1. The minimum Gasteiger partial charge on any atom is -0.369 e. The molecule has 0 spiro atoms. The van der Waals surface area contributed by atoms with E-state index in [2.05, 4.69) is 54.3 Å². The molecule has 26 heavy (non-hydrogen) atoms. The van der Waals surface area contributed by atoms with E-state index in [-0.39, 0.29) is 11.4 Å². The van der Waals surface area contributed by atoms with Crippen LogP contribution in [0.2, 0.25) is 5.02 Å². The largest absolute Gasteiger partial charge is 0.369 e. The molecule has 0 bridgehead atoms. The Labute approximate surface area is 159 Å². The van der Waals surface area contributed by atoms with Crippen LogP contribution in [0, 0.1) is 0 Å². The van der Waals surface area contributed by atoms with Gasteiger partial charge in [0.1, 0.15) is 5.69 Å². The summed E-state index contributed by atoms with van der Waals surface area (Å²) < 4.78 is 0. The van der Waals surface area contributed by atoms with Crippen LogP contribution in [0.4, 0.5) is 5.69 Å². The number of pyridine rings is 1. The first-order valence-corrected chi connectivity index (χ1v) is 8.99. The molecule has 5 nitrogen and oxygen atoms in total. The Hall–Kier alpha value is -2.40. The summed E-state index contributed by atoms with van der Waals surface area (Å²) in [6, 6.07) is 9.19. The Morgan fingerprint density at radius 2 is 2.19 bits per heavy atom. The van der Waals surface area contributed by atoms with Gasteiger partial charge < -0.3 is 4.90 Å². The van der Waals surface area contributed by atoms with Gasteiger partial charge in [-0.05, 0) is 56.0 Å². The summed E-state index contributed by atoms with van der Waals surface area (Å²) in [4.78, 5) is 18.3. The van der Waals surface area contributed by atoms with Crippen LogP contribution in [-0.4, -0.2) is 29.7 Å².